The summed E-state index contributed by atoms with van der Waals surface area (Å²) in [6.07, 6.45) is 0.799. The summed E-state index contributed by atoms with van der Waals surface area (Å²) in [5.74, 6) is -0.619. The number of fused-ring (bicyclic) bond motifs is 1. The number of sulfonamides is 1. The number of hydrogen-bond donors (Lipinski definition) is 2. The Kier molecular flexibility index (Phi) is 2.70. The summed E-state index contributed by atoms with van der Waals surface area (Å²) in [5.41, 5.74) is -1.88. The SMILES string of the molecule is CS(=O)(=O)Nn1c(=O)[nH]c2cc(F)ccc2c1=O. The molecule has 9 heteroatoms. The number of aromatic nitrogens is 2. The van der Waals surface area contributed by atoms with Crippen LogP contribution in [0.3, 0.4) is 0 Å². The van der Waals surface area contributed by atoms with Crippen LogP contribution in [-0.4, -0.2) is 24.3 Å². The van der Waals surface area contributed by atoms with Gasteiger partial charge in [0.1, 0.15) is 5.82 Å². The number of aromatic amines is 1. The third kappa shape index (κ3) is 2.25. The molecule has 0 aliphatic rings. The smallest absolute Gasteiger partial charge is 0.305 e. The highest BCUT2D eigenvalue weighted by Gasteiger charge is 2.11. The molecule has 0 bridgehead atoms. The number of rotatable bonds is 2. The highest BCUT2D eigenvalue weighted by atomic mass is 32.2. The molecular formula is C9H8FN3O4S. The van der Waals surface area contributed by atoms with Gasteiger partial charge in [-0.3, -0.25) is 4.79 Å². The molecule has 1 aromatic carbocycles. The summed E-state index contributed by atoms with van der Waals surface area (Å²) in [6.45, 7) is 0. The molecule has 0 spiro atoms. The Morgan fingerprint density at radius 3 is 2.61 bits per heavy atom. The minimum atomic E-state index is -3.78. The van der Waals surface area contributed by atoms with E-state index >= 15 is 0 Å². The molecule has 0 atom stereocenters. The zero-order valence-electron chi connectivity index (χ0n) is 9.10. The first-order valence-electron chi connectivity index (χ1n) is 4.70. The largest absolute Gasteiger partial charge is 0.348 e. The Hall–Kier alpha value is -2.16. The Labute approximate surface area is 99.9 Å². The highest BCUT2D eigenvalue weighted by molar-refractivity contribution is 7.91. The van der Waals surface area contributed by atoms with Gasteiger partial charge >= 0.3 is 5.69 Å². The van der Waals surface area contributed by atoms with Gasteiger partial charge in [-0.05, 0) is 18.2 Å². The van der Waals surface area contributed by atoms with Gasteiger partial charge in [-0.15, -0.1) is 0 Å². The number of halogens is 1. The van der Waals surface area contributed by atoms with Crippen LogP contribution in [0.15, 0.2) is 27.8 Å². The normalized spacial score (nSPS) is 11.7. The van der Waals surface area contributed by atoms with E-state index in [9.17, 15) is 22.4 Å². The molecule has 0 fully saturated rings. The molecule has 0 aliphatic carbocycles. The molecule has 1 aromatic heterocycles. The van der Waals surface area contributed by atoms with Crippen LogP contribution in [0, 0.1) is 5.82 Å². The first kappa shape index (κ1) is 12.3. The highest BCUT2D eigenvalue weighted by Crippen LogP contribution is 2.06. The van der Waals surface area contributed by atoms with Crippen molar-refractivity contribution in [1.29, 1.82) is 0 Å². The van der Waals surface area contributed by atoms with Crippen molar-refractivity contribution in [3.8, 4) is 0 Å². The minimum absolute atomic E-state index is 0.00319. The van der Waals surface area contributed by atoms with E-state index in [2.05, 4.69) is 4.98 Å². The summed E-state index contributed by atoms with van der Waals surface area (Å²) in [7, 11) is -3.78. The summed E-state index contributed by atoms with van der Waals surface area (Å²) < 4.78 is 35.3. The van der Waals surface area contributed by atoms with Gasteiger partial charge < -0.3 is 4.98 Å². The molecule has 0 radical (unpaired) electrons. The van der Waals surface area contributed by atoms with Crippen LogP contribution in [-0.2, 0) is 10.0 Å². The van der Waals surface area contributed by atoms with Gasteiger partial charge in [0.05, 0.1) is 17.2 Å². The molecule has 18 heavy (non-hydrogen) atoms. The van der Waals surface area contributed by atoms with Crippen LogP contribution >= 0.6 is 0 Å². The zero-order chi connectivity index (χ0) is 13.5. The Morgan fingerprint density at radius 1 is 1.33 bits per heavy atom. The van der Waals surface area contributed by atoms with Gasteiger partial charge in [0.2, 0.25) is 10.0 Å². The lowest BCUT2D eigenvalue weighted by molar-refractivity contribution is 0.598. The van der Waals surface area contributed by atoms with E-state index in [4.69, 9.17) is 0 Å². The van der Waals surface area contributed by atoms with Crippen LogP contribution in [0.1, 0.15) is 0 Å². The maximum atomic E-state index is 12.9. The zero-order valence-corrected chi connectivity index (χ0v) is 9.91. The lowest BCUT2D eigenvalue weighted by Gasteiger charge is -2.06. The number of nitrogens with one attached hydrogen (secondary N) is 2. The van der Waals surface area contributed by atoms with Crippen LogP contribution in [0.5, 0.6) is 0 Å². The average Bonchev–Trinajstić information content (AvgIpc) is 2.22. The number of hydrogen-bond acceptors (Lipinski definition) is 4. The van der Waals surface area contributed by atoms with Crippen LogP contribution in [0.25, 0.3) is 10.9 Å². The Bertz CT molecular complexity index is 837. The fourth-order valence-corrected chi connectivity index (χ4v) is 1.94. The molecule has 0 aliphatic heterocycles. The molecule has 0 amide bonds. The number of H-pyrrole nitrogens is 1. The Balaban J connectivity index is 2.82. The molecular weight excluding hydrogens is 265 g/mol. The molecule has 2 aromatic rings. The van der Waals surface area contributed by atoms with Crippen molar-refractivity contribution in [2.24, 2.45) is 0 Å². The van der Waals surface area contributed by atoms with Crippen molar-refractivity contribution < 1.29 is 12.8 Å². The predicted octanol–water partition coefficient (Wildman–Crippen LogP) is -0.668. The van der Waals surface area contributed by atoms with Gasteiger partial charge in [0, 0.05) is 0 Å². The minimum Gasteiger partial charge on any atom is -0.305 e. The van der Waals surface area contributed by atoms with E-state index < -0.39 is 27.1 Å². The molecule has 0 saturated heterocycles. The van der Waals surface area contributed by atoms with Crippen molar-refractivity contribution >= 4 is 20.9 Å². The molecule has 1 heterocycles. The van der Waals surface area contributed by atoms with Gasteiger partial charge in [0.15, 0.2) is 0 Å². The van der Waals surface area contributed by atoms with Crippen molar-refractivity contribution in [3.05, 3.63) is 44.9 Å². The number of nitrogens with zero attached hydrogens (tertiary/aromatic N) is 1. The van der Waals surface area contributed by atoms with Crippen LogP contribution in [0.2, 0.25) is 0 Å². The van der Waals surface area contributed by atoms with Crippen molar-refractivity contribution in [1.82, 2.24) is 9.66 Å². The quantitative estimate of drug-likeness (QED) is 0.757. The summed E-state index contributed by atoms with van der Waals surface area (Å²) in [4.78, 5) is 27.3. The van der Waals surface area contributed by atoms with Gasteiger partial charge in [-0.25, -0.2) is 22.4 Å². The maximum Gasteiger partial charge on any atom is 0.348 e. The molecule has 0 unspecified atom stereocenters. The average molecular weight is 273 g/mol. The van der Waals surface area contributed by atoms with Crippen LogP contribution in [0.4, 0.5) is 4.39 Å². The lowest BCUT2D eigenvalue weighted by atomic mass is 10.2. The van der Waals surface area contributed by atoms with E-state index in [1.54, 1.807) is 4.83 Å². The third-order valence-electron chi connectivity index (χ3n) is 2.12. The molecule has 2 N–H and O–H groups in total. The van der Waals surface area contributed by atoms with E-state index in [1.807, 2.05) is 0 Å². The third-order valence-corrected chi connectivity index (χ3v) is 2.63. The fraction of sp³-hybridized carbons (Fsp3) is 0.111. The van der Waals surface area contributed by atoms with Gasteiger partial charge in [0.25, 0.3) is 5.56 Å². The molecule has 7 nitrogen and oxygen atoms in total. The van der Waals surface area contributed by atoms with Crippen molar-refractivity contribution in [3.63, 3.8) is 0 Å². The van der Waals surface area contributed by atoms with Gasteiger partial charge in [-0.2, -0.15) is 4.68 Å². The lowest BCUT2D eigenvalue weighted by Crippen LogP contribution is -2.43. The standard InChI is InChI=1S/C9H8FN3O4S/c1-18(16,17)12-13-8(14)6-3-2-5(10)4-7(6)11-9(13)15/h2-4,12H,1H3,(H,11,15). The van der Waals surface area contributed by atoms with E-state index in [1.165, 1.54) is 0 Å². The molecule has 96 valence electrons. The molecule has 0 saturated carbocycles. The summed E-state index contributed by atoms with van der Waals surface area (Å²) in [5, 5.41) is -0.00727. The first-order valence-corrected chi connectivity index (χ1v) is 6.59. The second kappa shape index (κ2) is 3.95. The summed E-state index contributed by atoms with van der Waals surface area (Å²) >= 11 is 0. The van der Waals surface area contributed by atoms with E-state index in [0.717, 1.165) is 24.5 Å². The first-order chi connectivity index (χ1) is 8.28. The Morgan fingerprint density at radius 2 is 2.00 bits per heavy atom. The van der Waals surface area contributed by atoms with Crippen molar-refractivity contribution in [2.45, 2.75) is 0 Å². The monoisotopic (exact) mass is 273 g/mol. The van der Waals surface area contributed by atoms with E-state index in [-0.39, 0.29) is 10.9 Å². The topological polar surface area (TPSA) is 101 Å². The van der Waals surface area contributed by atoms with Crippen molar-refractivity contribution in [2.75, 3.05) is 11.1 Å². The van der Waals surface area contributed by atoms with Gasteiger partial charge in [-0.1, -0.05) is 0 Å². The fourth-order valence-electron chi connectivity index (χ4n) is 1.44. The number of benzene rings is 1. The van der Waals surface area contributed by atoms with E-state index in [0.29, 0.717) is 4.68 Å². The van der Waals surface area contributed by atoms with Crippen LogP contribution < -0.4 is 16.1 Å². The predicted molar refractivity (Wildman–Crippen MR) is 63.0 cm³/mol. The second-order valence-corrected chi connectivity index (χ2v) is 5.35. The molecule has 2 rings (SSSR count). The second-order valence-electron chi connectivity index (χ2n) is 3.62. The maximum absolute atomic E-state index is 12.9. The summed E-state index contributed by atoms with van der Waals surface area (Å²) in [6, 6.07) is 3.17.